The Kier molecular flexibility index (Phi) is 5.63. The van der Waals surface area contributed by atoms with Crippen LogP contribution < -0.4 is 0 Å². The molecule has 1 aromatic rings. The van der Waals surface area contributed by atoms with Gasteiger partial charge in [-0.25, -0.2) is 9.55 Å². The van der Waals surface area contributed by atoms with Crippen LogP contribution >= 0.6 is 0 Å². The van der Waals surface area contributed by atoms with Crippen molar-refractivity contribution in [2.45, 2.75) is 39.8 Å². The van der Waals surface area contributed by atoms with E-state index in [1.165, 1.54) is 10.8 Å². The van der Waals surface area contributed by atoms with Crippen molar-refractivity contribution >= 4 is 11.8 Å². The third-order valence-corrected chi connectivity index (χ3v) is 3.18. The van der Waals surface area contributed by atoms with E-state index < -0.39 is 10.9 Å². The maximum Gasteiger partial charge on any atom is 0.342 e. The van der Waals surface area contributed by atoms with Gasteiger partial charge >= 0.3 is 11.8 Å². The minimum absolute atomic E-state index is 0.0376. The molecule has 1 heterocycles. The molecule has 0 aromatic carbocycles. The fraction of sp³-hybridized carbons (Fsp3) is 0.667. The Morgan fingerprint density at radius 1 is 1.55 bits per heavy atom. The molecule has 0 saturated heterocycles. The highest BCUT2D eigenvalue weighted by Gasteiger charge is 2.19. The Morgan fingerprint density at radius 3 is 2.70 bits per heavy atom. The zero-order valence-corrected chi connectivity index (χ0v) is 11.9. The van der Waals surface area contributed by atoms with E-state index in [0.29, 0.717) is 25.5 Å². The molecule has 0 aliphatic carbocycles. The maximum atomic E-state index is 10.9. The molecule has 0 radical (unpaired) electrons. The Morgan fingerprint density at radius 2 is 2.20 bits per heavy atom. The average molecular weight is 284 g/mol. The highest BCUT2D eigenvalue weighted by atomic mass is 16.6. The number of nitrogens with zero attached hydrogens (tertiary/aromatic N) is 4. The first-order chi connectivity index (χ1) is 9.32. The smallest absolute Gasteiger partial charge is 0.342 e. The number of rotatable bonds is 8. The van der Waals surface area contributed by atoms with E-state index in [1.807, 2.05) is 18.7 Å². The molecule has 0 aliphatic heterocycles. The number of carboxylic acids is 1. The number of aliphatic carboxylic acids is 1. The van der Waals surface area contributed by atoms with E-state index >= 15 is 0 Å². The summed E-state index contributed by atoms with van der Waals surface area (Å²) in [5.41, 5.74) is 0. The van der Waals surface area contributed by atoms with Gasteiger partial charge in [0.2, 0.25) is 0 Å². The van der Waals surface area contributed by atoms with Gasteiger partial charge in [-0.2, -0.15) is 0 Å². The summed E-state index contributed by atoms with van der Waals surface area (Å²) < 4.78 is 1.54. The van der Waals surface area contributed by atoms with Gasteiger partial charge in [-0.3, -0.25) is 9.69 Å². The molecule has 20 heavy (non-hydrogen) atoms. The van der Waals surface area contributed by atoms with Gasteiger partial charge in [-0.05, 0) is 18.8 Å². The molecule has 0 aliphatic rings. The van der Waals surface area contributed by atoms with Gasteiger partial charge < -0.3 is 15.2 Å². The lowest BCUT2D eigenvalue weighted by Crippen LogP contribution is -2.35. The molecule has 1 rings (SSSR count). The van der Waals surface area contributed by atoms with Gasteiger partial charge in [0.25, 0.3) is 0 Å². The molecule has 0 spiro atoms. The summed E-state index contributed by atoms with van der Waals surface area (Å²) in [5, 5.41) is 19.6. The van der Waals surface area contributed by atoms with Gasteiger partial charge in [0.05, 0.1) is 6.42 Å². The number of hydrogen-bond donors (Lipinski definition) is 1. The van der Waals surface area contributed by atoms with Crippen LogP contribution in [0, 0.1) is 17.0 Å². The highest BCUT2D eigenvalue weighted by Crippen LogP contribution is 2.14. The van der Waals surface area contributed by atoms with Gasteiger partial charge in [-0.15, -0.1) is 0 Å². The van der Waals surface area contributed by atoms with E-state index in [0.717, 1.165) is 0 Å². The molecule has 1 N–H and O–H groups in total. The lowest BCUT2D eigenvalue weighted by Gasteiger charge is -2.25. The second kappa shape index (κ2) is 6.99. The Bertz CT molecular complexity index is 484. The summed E-state index contributed by atoms with van der Waals surface area (Å²) in [5.74, 6) is -0.302. The lowest BCUT2D eigenvalue weighted by atomic mass is 10.3. The van der Waals surface area contributed by atoms with Crippen LogP contribution in [-0.4, -0.2) is 49.6 Å². The molecule has 8 nitrogen and oxygen atoms in total. The molecular formula is C12H20N4O4. The monoisotopic (exact) mass is 284 g/mol. The Balaban J connectivity index is 2.70. The fourth-order valence-electron chi connectivity index (χ4n) is 1.97. The van der Waals surface area contributed by atoms with Crippen LogP contribution in [0.15, 0.2) is 6.20 Å². The molecule has 0 fully saturated rings. The molecule has 112 valence electrons. The van der Waals surface area contributed by atoms with Crippen molar-refractivity contribution < 1.29 is 14.8 Å². The molecule has 0 amide bonds. The van der Waals surface area contributed by atoms with E-state index in [2.05, 4.69) is 4.98 Å². The number of nitro groups is 1. The summed E-state index contributed by atoms with van der Waals surface area (Å²) in [7, 11) is 0. The minimum Gasteiger partial charge on any atom is -0.481 e. The van der Waals surface area contributed by atoms with Gasteiger partial charge in [0.1, 0.15) is 12.7 Å². The first-order valence-electron chi connectivity index (χ1n) is 6.45. The van der Waals surface area contributed by atoms with E-state index in [-0.39, 0.29) is 18.3 Å². The summed E-state index contributed by atoms with van der Waals surface area (Å²) >= 11 is 0. The quantitative estimate of drug-likeness (QED) is 0.570. The standard InChI is InChI=1S/C12H20N4O4/c1-9(2)14(5-4-12(17)18)6-7-15-10(3)13-8-11(15)16(19)20/h8-9H,4-7H2,1-3H3,(H,17,18). The second-order valence-corrected chi connectivity index (χ2v) is 4.85. The van der Waals surface area contributed by atoms with Crippen LogP contribution in [-0.2, 0) is 11.3 Å². The number of aryl methyl sites for hydroxylation is 1. The first-order valence-corrected chi connectivity index (χ1v) is 6.45. The summed E-state index contributed by atoms with van der Waals surface area (Å²) in [6.07, 6.45) is 1.30. The van der Waals surface area contributed by atoms with Crippen molar-refractivity contribution in [2.24, 2.45) is 0 Å². The van der Waals surface area contributed by atoms with Crippen molar-refractivity contribution in [1.82, 2.24) is 14.5 Å². The fourth-order valence-corrected chi connectivity index (χ4v) is 1.97. The van der Waals surface area contributed by atoms with Crippen molar-refractivity contribution in [3.63, 3.8) is 0 Å². The Hall–Kier alpha value is -1.96. The number of hydrogen-bond acceptors (Lipinski definition) is 5. The summed E-state index contributed by atoms with van der Waals surface area (Å²) in [4.78, 5) is 27.0. The predicted molar refractivity (Wildman–Crippen MR) is 72.6 cm³/mol. The Labute approximate surface area is 117 Å². The maximum absolute atomic E-state index is 10.9. The average Bonchev–Trinajstić information content (AvgIpc) is 2.70. The number of carboxylic acid groups (broad SMARTS) is 1. The van der Waals surface area contributed by atoms with Gasteiger partial charge in [0.15, 0.2) is 5.82 Å². The topological polar surface area (TPSA) is 102 Å². The van der Waals surface area contributed by atoms with Crippen LogP contribution in [0.2, 0.25) is 0 Å². The summed E-state index contributed by atoms with van der Waals surface area (Å²) in [6, 6.07) is 0.178. The zero-order chi connectivity index (χ0) is 15.3. The molecule has 0 unspecified atom stereocenters. The van der Waals surface area contributed by atoms with Crippen LogP contribution in [0.25, 0.3) is 0 Å². The van der Waals surface area contributed by atoms with Crippen molar-refractivity contribution in [3.8, 4) is 0 Å². The molecule has 0 bridgehead atoms. The van der Waals surface area contributed by atoms with Crippen molar-refractivity contribution in [3.05, 3.63) is 22.1 Å². The van der Waals surface area contributed by atoms with Gasteiger partial charge in [-0.1, -0.05) is 0 Å². The normalized spacial score (nSPS) is 11.2. The number of aromatic nitrogens is 2. The number of carbonyl (C=O) groups is 1. The molecule has 0 saturated carbocycles. The third kappa shape index (κ3) is 4.30. The number of imidazole rings is 1. The second-order valence-electron chi connectivity index (χ2n) is 4.85. The summed E-state index contributed by atoms with van der Waals surface area (Å²) in [6.45, 7) is 7.04. The lowest BCUT2D eigenvalue weighted by molar-refractivity contribution is -0.392. The highest BCUT2D eigenvalue weighted by molar-refractivity contribution is 5.66. The van der Waals surface area contributed by atoms with Crippen LogP contribution in [0.5, 0.6) is 0 Å². The van der Waals surface area contributed by atoms with Crippen LogP contribution in [0.4, 0.5) is 5.82 Å². The van der Waals surface area contributed by atoms with E-state index in [4.69, 9.17) is 5.11 Å². The minimum atomic E-state index is -0.847. The predicted octanol–water partition coefficient (Wildman–Crippen LogP) is 1.28. The SMILES string of the molecule is Cc1ncc([N+](=O)[O-])n1CCN(CCC(=O)O)C(C)C. The van der Waals surface area contributed by atoms with Gasteiger partial charge in [0, 0.05) is 26.1 Å². The zero-order valence-electron chi connectivity index (χ0n) is 11.9. The van der Waals surface area contributed by atoms with Crippen molar-refractivity contribution in [1.29, 1.82) is 0 Å². The van der Waals surface area contributed by atoms with Crippen LogP contribution in [0.3, 0.4) is 0 Å². The molecule has 1 aromatic heterocycles. The van der Waals surface area contributed by atoms with E-state index in [9.17, 15) is 14.9 Å². The van der Waals surface area contributed by atoms with E-state index in [1.54, 1.807) is 6.92 Å². The largest absolute Gasteiger partial charge is 0.481 e. The molecule has 8 heteroatoms. The third-order valence-electron chi connectivity index (χ3n) is 3.18. The molecular weight excluding hydrogens is 264 g/mol. The first kappa shape index (κ1) is 16.1. The molecule has 0 atom stereocenters. The van der Waals surface area contributed by atoms with Crippen molar-refractivity contribution in [2.75, 3.05) is 13.1 Å². The van der Waals surface area contributed by atoms with Crippen LogP contribution in [0.1, 0.15) is 26.1 Å².